The first-order chi connectivity index (χ1) is 14.2. The maximum Gasteiger partial charge on any atom is 0.332 e. The molecule has 2 aromatic rings. The van der Waals surface area contributed by atoms with Crippen LogP contribution in [0.25, 0.3) is 17.4 Å². The zero-order valence-corrected chi connectivity index (χ0v) is 17.3. The predicted molar refractivity (Wildman–Crippen MR) is 115 cm³/mol. The molecule has 3 heterocycles. The molecule has 0 N–H and O–H groups in total. The first kappa shape index (κ1) is 18.9. The molecule has 156 valence electrons. The van der Waals surface area contributed by atoms with Gasteiger partial charge in [-0.15, -0.1) is 0 Å². The van der Waals surface area contributed by atoms with Crippen molar-refractivity contribution in [2.45, 2.75) is 90.1 Å². The van der Waals surface area contributed by atoms with Crippen LogP contribution < -0.4 is 11.2 Å². The molecule has 0 bridgehead atoms. The Balaban J connectivity index is 1.64. The smallest absolute Gasteiger partial charge is 0.289 e. The number of rotatable bonds is 4. The lowest BCUT2D eigenvalue weighted by Crippen LogP contribution is -2.43. The first-order valence-electron chi connectivity index (χ1n) is 11.6. The maximum atomic E-state index is 13.6. The number of hydrogen-bond acceptors (Lipinski definition) is 3. The van der Waals surface area contributed by atoms with Gasteiger partial charge >= 0.3 is 5.69 Å². The minimum Gasteiger partial charge on any atom is -0.289 e. The summed E-state index contributed by atoms with van der Waals surface area (Å²) >= 11 is 0. The second-order valence-electron chi connectivity index (χ2n) is 9.31. The van der Waals surface area contributed by atoms with Gasteiger partial charge in [-0.2, -0.15) is 0 Å². The van der Waals surface area contributed by atoms with Crippen LogP contribution in [0.3, 0.4) is 0 Å². The van der Waals surface area contributed by atoms with Gasteiger partial charge in [0, 0.05) is 25.7 Å². The topological polar surface area (TPSA) is 61.8 Å². The molecule has 3 aliphatic rings. The van der Waals surface area contributed by atoms with E-state index in [1.165, 1.54) is 55.9 Å². The van der Waals surface area contributed by atoms with E-state index in [4.69, 9.17) is 4.98 Å². The van der Waals surface area contributed by atoms with Crippen LogP contribution >= 0.6 is 0 Å². The largest absolute Gasteiger partial charge is 0.332 e. The molecule has 0 saturated heterocycles. The molecule has 0 atom stereocenters. The summed E-state index contributed by atoms with van der Waals surface area (Å²) in [6.07, 6.45) is 17.9. The summed E-state index contributed by atoms with van der Waals surface area (Å²) in [5.41, 5.74) is 0.889. The SMILES string of the molecule is O=c1c2nc3n(c2n(CC2CCCCC2)c(=O)n1CC1CCCCC1)C=CCC3. The molecular weight excluding hydrogens is 364 g/mol. The van der Waals surface area contributed by atoms with Gasteiger partial charge in [0.2, 0.25) is 0 Å². The van der Waals surface area contributed by atoms with E-state index in [2.05, 4.69) is 6.08 Å². The molecule has 0 unspecified atom stereocenters. The predicted octanol–water partition coefficient (Wildman–Crippen LogP) is 3.94. The summed E-state index contributed by atoms with van der Waals surface area (Å²) in [6, 6.07) is 0. The third kappa shape index (κ3) is 3.51. The number of imidazole rings is 1. The Morgan fingerprint density at radius 2 is 1.48 bits per heavy atom. The van der Waals surface area contributed by atoms with E-state index in [-0.39, 0.29) is 11.2 Å². The van der Waals surface area contributed by atoms with Crippen molar-refractivity contribution in [2.24, 2.45) is 11.8 Å². The van der Waals surface area contributed by atoms with E-state index >= 15 is 0 Å². The molecule has 5 rings (SSSR count). The van der Waals surface area contributed by atoms with E-state index in [1.807, 2.05) is 15.3 Å². The minimum atomic E-state index is -0.189. The van der Waals surface area contributed by atoms with E-state index in [1.54, 1.807) is 0 Å². The molecule has 2 aliphatic carbocycles. The molecule has 6 heteroatoms. The highest BCUT2D eigenvalue weighted by Gasteiger charge is 2.25. The van der Waals surface area contributed by atoms with Gasteiger partial charge in [0.15, 0.2) is 11.2 Å². The zero-order valence-electron chi connectivity index (χ0n) is 17.3. The van der Waals surface area contributed by atoms with Crippen LogP contribution in [-0.4, -0.2) is 18.7 Å². The summed E-state index contributed by atoms with van der Waals surface area (Å²) in [5.74, 6) is 1.86. The van der Waals surface area contributed by atoms with Gasteiger partial charge in [-0.25, -0.2) is 9.78 Å². The van der Waals surface area contributed by atoms with Crippen molar-refractivity contribution in [3.8, 4) is 0 Å². The number of aromatic nitrogens is 4. The molecule has 2 fully saturated rings. The first-order valence-corrected chi connectivity index (χ1v) is 11.6. The molecular formula is C23H32N4O2. The normalized spacial score (nSPS) is 21.0. The molecule has 29 heavy (non-hydrogen) atoms. The Bertz CT molecular complexity index is 1030. The van der Waals surface area contributed by atoms with Crippen molar-refractivity contribution in [1.82, 2.24) is 18.7 Å². The van der Waals surface area contributed by atoms with Gasteiger partial charge in [0.25, 0.3) is 5.56 Å². The summed E-state index contributed by atoms with van der Waals surface area (Å²) in [4.78, 5) is 31.7. The van der Waals surface area contributed by atoms with Gasteiger partial charge in [-0.1, -0.05) is 44.6 Å². The monoisotopic (exact) mass is 396 g/mol. The van der Waals surface area contributed by atoms with E-state index < -0.39 is 0 Å². The molecule has 0 aromatic carbocycles. The summed E-state index contributed by atoms with van der Waals surface area (Å²) in [7, 11) is 0. The Hall–Kier alpha value is -2.11. The Morgan fingerprint density at radius 1 is 0.862 bits per heavy atom. The minimum absolute atomic E-state index is 0.125. The van der Waals surface area contributed by atoms with Crippen molar-refractivity contribution in [3.63, 3.8) is 0 Å². The molecule has 0 spiro atoms. The number of aryl methyl sites for hydroxylation is 1. The van der Waals surface area contributed by atoms with Crippen molar-refractivity contribution in [1.29, 1.82) is 0 Å². The molecule has 1 aliphatic heterocycles. The van der Waals surface area contributed by atoms with Crippen LogP contribution in [0.5, 0.6) is 0 Å². The summed E-state index contributed by atoms with van der Waals surface area (Å²) in [6.45, 7) is 1.26. The lowest BCUT2D eigenvalue weighted by Gasteiger charge is -2.25. The fourth-order valence-electron chi connectivity index (χ4n) is 5.63. The highest BCUT2D eigenvalue weighted by molar-refractivity contribution is 5.74. The second kappa shape index (κ2) is 7.96. The second-order valence-corrected chi connectivity index (χ2v) is 9.31. The Labute approximate surface area is 171 Å². The molecule has 0 radical (unpaired) electrons. The maximum absolute atomic E-state index is 13.6. The van der Waals surface area contributed by atoms with Crippen LogP contribution in [-0.2, 0) is 19.5 Å². The van der Waals surface area contributed by atoms with Crippen molar-refractivity contribution in [3.05, 3.63) is 32.7 Å². The zero-order chi connectivity index (χ0) is 19.8. The molecule has 2 saturated carbocycles. The standard InChI is InChI=1S/C23H32N4O2/c28-22-20-21(25-14-8-7-13-19(25)24-20)26(15-17-9-3-1-4-10-17)23(29)27(22)16-18-11-5-2-6-12-18/h8,14,17-18H,1-7,9-13,15-16H2. The fourth-order valence-corrected chi connectivity index (χ4v) is 5.63. The number of hydrogen-bond donors (Lipinski definition) is 0. The molecule has 0 amide bonds. The lowest BCUT2D eigenvalue weighted by molar-refractivity contribution is 0.295. The van der Waals surface area contributed by atoms with Crippen molar-refractivity contribution in [2.75, 3.05) is 0 Å². The Morgan fingerprint density at radius 3 is 2.14 bits per heavy atom. The quantitative estimate of drug-likeness (QED) is 0.786. The fraction of sp³-hybridized carbons (Fsp3) is 0.696. The van der Waals surface area contributed by atoms with Gasteiger partial charge in [0.1, 0.15) is 5.82 Å². The van der Waals surface area contributed by atoms with E-state index in [0.29, 0.717) is 30.4 Å². The van der Waals surface area contributed by atoms with Gasteiger partial charge in [-0.05, 0) is 43.9 Å². The Kier molecular flexibility index (Phi) is 5.18. The van der Waals surface area contributed by atoms with Crippen LogP contribution in [0.4, 0.5) is 0 Å². The van der Waals surface area contributed by atoms with Gasteiger partial charge in [-0.3, -0.25) is 18.5 Å². The average molecular weight is 397 g/mol. The number of nitrogens with zero attached hydrogens (tertiary/aromatic N) is 4. The highest BCUT2D eigenvalue weighted by atomic mass is 16.2. The van der Waals surface area contributed by atoms with Crippen LogP contribution in [0, 0.1) is 11.8 Å². The third-order valence-corrected chi connectivity index (χ3v) is 7.24. The van der Waals surface area contributed by atoms with E-state index in [9.17, 15) is 9.59 Å². The summed E-state index contributed by atoms with van der Waals surface area (Å²) in [5, 5.41) is 0. The third-order valence-electron chi connectivity index (χ3n) is 7.24. The van der Waals surface area contributed by atoms with Crippen molar-refractivity contribution < 1.29 is 0 Å². The van der Waals surface area contributed by atoms with Crippen LogP contribution in [0.15, 0.2) is 15.7 Å². The van der Waals surface area contributed by atoms with Gasteiger partial charge < -0.3 is 0 Å². The number of fused-ring (bicyclic) bond motifs is 3. The van der Waals surface area contributed by atoms with Crippen molar-refractivity contribution >= 4 is 17.4 Å². The lowest BCUT2D eigenvalue weighted by atomic mass is 9.89. The summed E-state index contributed by atoms with van der Waals surface area (Å²) < 4.78 is 5.40. The number of allylic oxidation sites excluding steroid dienone is 1. The average Bonchev–Trinajstić information content (AvgIpc) is 3.15. The van der Waals surface area contributed by atoms with Gasteiger partial charge in [0.05, 0.1) is 0 Å². The van der Waals surface area contributed by atoms with E-state index in [0.717, 1.165) is 37.2 Å². The van der Waals surface area contributed by atoms with Crippen LogP contribution in [0.2, 0.25) is 0 Å². The molecule has 6 nitrogen and oxygen atoms in total. The van der Waals surface area contributed by atoms with Crippen LogP contribution in [0.1, 0.15) is 76.5 Å². The highest BCUT2D eigenvalue weighted by Crippen LogP contribution is 2.27. The molecule has 2 aromatic heterocycles.